The van der Waals surface area contributed by atoms with Crippen LogP contribution >= 0.6 is 11.6 Å². The molecule has 0 spiro atoms. The highest BCUT2D eigenvalue weighted by Gasteiger charge is 2.00. The largest absolute Gasteiger partial charge is 0.382 e. The number of nitrogen functional groups attached to an aromatic ring is 1. The molecule has 0 saturated heterocycles. The molecule has 2 N–H and O–H groups in total. The normalized spacial score (nSPS) is 10.2. The van der Waals surface area contributed by atoms with Gasteiger partial charge in [0.1, 0.15) is 5.82 Å². The van der Waals surface area contributed by atoms with Crippen LogP contribution < -0.4 is 5.73 Å². The number of aromatic nitrogens is 4. The molecular weight excluding hydrogens is 190 g/mol. The number of halogens is 1. The standard InChI is InChI=1S/C7H6ClN5/c8-5-1-11-13(4-5)7-3-10-2-6(9)12-7/h1-4H,(H2,9,12). The van der Waals surface area contributed by atoms with Crippen molar-refractivity contribution in [3.63, 3.8) is 0 Å². The summed E-state index contributed by atoms with van der Waals surface area (Å²) in [6, 6.07) is 0. The SMILES string of the molecule is Nc1cncc(-n2cc(Cl)cn2)n1. The van der Waals surface area contributed by atoms with E-state index in [1.165, 1.54) is 17.1 Å². The molecule has 6 heteroatoms. The van der Waals surface area contributed by atoms with Gasteiger partial charge < -0.3 is 5.73 Å². The smallest absolute Gasteiger partial charge is 0.174 e. The van der Waals surface area contributed by atoms with Crippen molar-refractivity contribution >= 4 is 17.4 Å². The van der Waals surface area contributed by atoms with Crippen LogP contribution in [0.1, 0.15) is 0 Å². The molecule has 0 aliphatic heterocycles. The van der Waals surface area contributed by atoms with E-state index in [0.29, 0.717) is 16.7 Å². The van der Waals surface area contributed by atoms with Gasteiger partial charge >= 0.3 is 0 Å². The lowest BCUT2D eigenvalue weighted by Gasteiger charge is -1.98. The molecule has 0 unspecified atom stereocenters. The highest BCUT2D eigenvalue weighted by molar-refractivity contribution is 6.30. The molecule has 0 aromatic carbocycles. The Hall–Kier alpha value is -1.62. The van der Waals surface area contributed by atoms with E-state index in [2.05, 4.69) is 15.1 Å². The lowest BCUT2D eigenvalue weighted by Crippen LogP contribution is -2.01. The maximum atomic E-state index is 5.69. The van der Waals surface area contributed by atoms with E-state index in [-0.39, 0.29) is 0 Å². The van der Waals surface area contributed by atoms with Crippen LogP contribution in [0.5, 0.6) is 0 Å². The fraction of sp³-hybridized carbons (Fsp3) is 0. The minimum Gasteiger partial charge on any atom is -0.382 e. The molecule has 2 heterocycles. The summed E-state index contributed by atoms with van der Waals surface area (Å²) in [6.45, 7) is 0. The summed E-state index contributed by atoms with van der Waals surface area (Å²) in [7, 11) is 0. The third-order valence-corrected chi connectivity index (χ3v) is 1.62. The zero-order valence-electron chi connectivity index (χ0n) is 6.55. The van der Waals surface area contributed by atoms with Gasteiger partial charge in [-0.15, -0.1) is 0 Å². The Kier molecular flexibility index (Phi) is 1.86. The third kappa shape index (κ3) is 1.59. The first-order valence-electron chi connectivity index (χ1n) is 3.54. The Labute approximate surface area is 79.2 Å². The summed E-state index contributed by atoms with van der Waals surface area (Å²) in [5, 5.41) is 4.50. The molecule has 2 aromatic heterocycles. The summed E-state index contributed by atoms with van der Waals surface area (Å²) < 4.78 is 1.51. The highest BCUT2D eigenvalue weighted by atomic mass is 35.5. The molecule has 0 amide bonds. The maximum absolute atomic E-state index is 5.69. The molecule has 2 aromatic rings. The van der Waals surface area contributed by atoms with Crippen molar-refractivity contribution in [2.24, 2.45) is 0 Å². The summed E-state index contributed by atoms with van der Waals surface area (Å²) in [5.74, 6) is 0.899. The summed E-state index contributed by atoms with van der Waals surface area (Å²) in [6.07, 6.45) is 6.17. The van der Waals surface area contributed by atoms with Gasteiger partial charge in [0.25, 0.3) is 0 Å². The van der Waals surface area contributed by atoms with Gasteiger partial charge in [-0.3, -0.25) is 4.98 Å². The molecule has 66 valence electrons. The molecule has 0 radical (unpaired) electrons. The molecule has 5 nitrogen and oxygen atoms in total. The van der Waals surface area contributed by atoms with Gasteiger partial charge in [-0.25, -0.2) is 9.67 Å². The van der Waals surface area contributed by atoms with E-state index in [1.807, 2.05) is 0 Å². The molecule has 0 atom stereocenters. The van der Waals surface area contributed by atoms with Gasteiger partial charge in [0, 0.05) is 0 Å². The zero-order chi connectivity index (χ0) is 9.26. The number of hydrogen-bond donors (Lipinski definition) is 1. The first-order chi connectivity index (χ1) is 6.25. The van der Waals surface area contributed by atoms with Gasteiger partial charge in [0.15, 0.2) is 5.82 Å². The molecule has 13 heavy (non-hydrogen) atoms. The molecule has 0 aliphatic rings. The molecule has 0 saturated carbocycles. The lowest BCUT2D eigenvalue weighted by molar-refractivity contribution is 0.840. The van der Waals surface area contributed by atoms with Crippen LogP contribution in [0, 0.1) is 0 Å². The Morgan fingerprint density at radius 2 is 2.15 bits per heavy atom. The van der Waals surface area contributed by atoms with Crippen LogP contribution in [-0.4, -0.2) is 19.7 Å². The number of nitrogens with two attached hydrogens (primary N) is 1. The minimum atomic E-state index is 0.351. The molecule has 0 fully saturated rings. The van der Waals surface area contributed by atoms with E-state index >= 15 is 0 Å². The highest BCUT2D eigenvalue weighted by Crippen LogP contribution is 2.09. The Bertz CT molecular complexity index is 424. The van der Waals surface area contributed by atoms with Gasteiger partial charge in [-0.1, -0.05) is 11.6 Å². The van der Waals surface area contributed by atoms with Gasteiger partial charge in [0.2, 0.25) is 0 Å². The maximum Gasteiger partial charge on any atom is 0.174 e. The second-order valence-electron chi connectivity index (χ2n) is 2.41. The van der Waals surface area contributed by atoms with Crippen LogP contribution in [-0.2, 0) is 0 Å². The number of rotatable bonds is 1. The Morgan fingerprint density at radius 3 is 2.77 bits per heavy atom. The fourth-order valence-corrected chi connectivity index (χ4v) is 1.04. The average molecular weight is 196 g/mol. The first kappa shape index (κ1) is 8.00. The van der Waals surface area contributed by atoms with E-state index in [9.17, 15) is 0 Å². The van der Waals surface area contributed by atoms with Crippen LogP contribution in [0.3, 0.4) is 0 Å². The summed E-state index contributed by atoms with van der Waals surface area (Å²) >= 11 is 5.69. The lowest BCUT2D eigenvalue weighted by atomic mass is 10.6. The van der Waals surface area contributed by atoms with Crippen molar-refractivity contribution in [2.45, 2.75) is 0 Å². The second-order valence-corrected chi connectivity index (χ2v) is 2.84. The summed E-state index contributed by atoms with van der Waals surface area (Å²) in [5.41, 5.74) is 5.46. The number of nitrogens with zero attached hydrogens (tertiary/aromatic N) is 4. The summed E-state index contributed by atoms with van der Waals surface area (Å²) in [4.78, 5) is 7.89. The second kappa shape index (κ2) is 3.02. The monoisotopic (exact) mass is 195 g/mol. The van der Waals surface area contributed by atoms with Crippen molar-refractivity contribution in [2.75, 3.05) is 5.73 Å². The van der Waals surface area contributed by atoms with E-state index in [4.69, 9.17) is 17.3 Å². The predicted octanol–water partition coefficient (Wildman–Crippen LogP) is 0.898. The quantitative estimate of drug-likeness (QED) is 0.734. The molecule has 2 rings (SSSR count). The van der Waals surface area contributed by atoms with Crippen LogP contribution in [0.2, 0.25) is 5.02 Å². The van der Waals surface area contributed by atoms with Crippen LogP contribution in [0.25, 0.3) is 5.82 Å². The Morgan fingerprint density at radius 1 is 1.31 bits per heavy atom. The topological polar surface area (TPSA) is 69.6 Å². The number of anilines is 1. The van der Waals surface area contributed by atoms with E-state index in [1.54, 1.807) is 12.4 Å². The molecular formula is C7H6ClN5. The van der Waals surface area contributed by atoms with E-state index < -0.39 is 0 Å². The van der Waals surface area contributed by atoms with Crippen molar-refractivity contribution in [1.82, 2.24) is 19.7 Å². The van der Waals surface area contributed by atoms with Crippen molar-refractivity contribution < 1.29 is 0 Å². The van der Waals surface area contributed by atoms with Crippen molar-refractivity contribution in [3.8, 4) is 5.82 Å². The van der Waals surface area contributed by atoms with Crippen LogP contribution in [0.15, 0.2) is 24.8 Å². The average Bonchev–Trinajstić information content (AvgIpc) is 2.52. The first-order valence-corrected chi connectivity index (χ1v) is 3.91. The number of hydrogen-bond acceptors (Lipinski definition) is 4. The Balaban J connectivity index is 2.46. The zero-order valence-corrected chi connectivity index (χ0v) is 7.31. The third-order valence-electron chi connectivity index (χ3n) is 1.43. The fourth-order valence-electron chi connectivity index (χ4n) is 0.907. The van der Waals surface area contributed by atoms with Gasteiger partial charge in [0.05, 0.1) is 29.8 Å². The van der Waals surface area contributed by atoms with E-state index in [0.717, 1.165) is 0 Å². The van der Waals surface area contributed by atoms with Gasteiger partial charge in [-0.2, -0.15) is 5.10 Å². The van der Waals surface area contributed by atoms with Crippen molar-refractivity contribution in [3.05, 3.63) is 29.8 Å². The molecule has 0 bridgehead atoms. The molecule has 0 aliphatic carbocycles. The predicted molar refractivity (Wildman–Crippen MR) is 48.6 cm³/mol. The van der Waals surface area contributed by atoms with Crippen molar-refractivity contribution in [1.29, 1.82) is 0 Å². The van der Waals surface area contributed by atoms with Crippen LogP contribution in [0.4, 0.5) is 5.82 Å². The minimum absolute atomic E-state index is 0.351. The van der Waals surface area contributed by atoms with Gasteiger partial charge in [-0.05, 0) is 0 Å².